The zero-order chi connectivity index (χ0) is 22.5. The summed E-state index contributed by atoms with van der Waals surface area (Å²) in [5.74, 6) is 2.15. The van der Waals surface area contributed by atoms with Crippen molar-refractivity contribution in [3.63, 3.8) is 0 Å². The second-order valence-corrected chi connectivity index (χ2v) is 8.20. The molecule has 32 heavy (non-hydrogen) atoms. The lowest BCUT2D eigenvalue weighted by Crippen LogP contribution is -2.04. The van der Waals surface area contributed by atoms with Gasteiger partial charge in [0.2, 0.25) is 0 Å². The molecule has 0 amide bonds. The monoisotopic (exact) mass is 465 g/mol. The molecule has 1 aromatic heterocycles. The van der Waals surface area contributed by atoms with Gasteiger partial charge in [0.15, 0.2) is 10.9 Å². The Labute approximate surface area is 194 Å². The molecule has 0 radical (unpaired) electrons. The van der Waals surface area contributed by atoms with Crippen LogP contribution in [-0.4, -0.2) is 35.7 Å². The standard InChI is InChI=1S/C24H20ClN3O3S/c1-30-18-11-17(12-19(13-18)31-2)26-23-20-5-3-4-6-21(20)27-24(28-23)32-14-22(29)15-7-9-16(25)10-8-15/h3-13H,14H2,1-2H3,(H,26,27,28). The maximum atomic E-state index is 12.5. The number of carbonyl (C=O) groups is 1. The lowest BCUT2D eigenvalue weighted by atomic mass is 10.1. The number of nitrogens with zero attached hydrogens (tertiary/aromatic N) is 2. The van der Waals surface area contributed by atoms with Crippen LogP contribution in [0.3, 0.4) is 0 Å². The van der Waals surface area contributed by atoms with Gasteiger partial charge in [-0.15, -0.1) is 0 Å². The average Bonchev–Trinajstić information content (AvgIpc) is 2.82. The summed E-state index contributed by atoms with van der Waals surface area (Å²) in [4.78, 5) is 21.8. The van der Waals surface area contributed by atoms with Crippen molar-refractivity contribution in [3.05, 3.63) is 77.3 Å². The molecule has 0 aliphatic rings. The summed E-state index contributed by atoms with van der Waals surface area (Å²) in [5.41, 5.74) is 2.14. The molecular formula is C24H20ClN3O3S. The van der Waals surface area contributed by atoms with Gasteiger partial charge in [0.1, 0.15) is 17.3 Å². The van der Waals surface area contributed by atoms with Gasteiger partial charge in [-0.1, -0.05) is 35.5 Å². The summed E-state index contributed by atoms with van der Waals surface area (Å²) in [6, 6.07) is 20.1. The van der Waals surface area contributed by atoms with E-state index in [0.29, 0.717) is 33.1 Å². The number of hydrogen-bond donors (Lipinski definition) is 1. The summed E-state index contributed by atoms with van der Waals surface area (Å²) in [6.07, 6.45) is 0. The molecule has 0 bridgehead atoms. The van der Waals surface area contributed by atoms with E-state index in [0.717, 1.165) is 16.6 Å². The molecule has 1 N–H and O–H groups in total. The fraction of sp³-hybridized carbons (Fsp3) is 0.125. The highest BCUT2D eigenvalue weighted by atomic mass is 35.5. The molecule has 0 unspecified atom stereocenters. The summed E-state index contributed by atoms with van der Waals surface area (Å²) < 4.78 is 10.7. The first-order valence-corrected chi connectivity index (χ1v) is 11.1. The Morgan fingerprint density at radius 2 is 1.66 bits per heavy atom. The number of para-hydroxylation sites is 1. The molecule has 0 saturated heterocycles. The van der Waals surface area contributed by atoms with E-state index in [1.807, 2.05) is 36.4 Å². The molecule has 8 heteroatoms. The van der Waals surface area contributed by atoms with Crippen LogP contribution in [0.1, 0.15) is 10.4 Å². The quantitative estimate of drug-likeness (QED) is 0.194. The van der Waals surface area contributed by atoms with E-state index in [-0.39, 0.29) is 11.5 Å². The number of methoxy groups -OCH3 is 2. The van der Waals surface area contributed by atoms with Gasteiger partial charge in [0, 0.05) is 39.9 Å². The van der Waals surface area contributed by atoms with Gasteiger partial charge in [-0.3, -0.25) is 4.79 Å². The number of rotatable bonds is 8. The van der Waals surface area contributed by atoms with Crippen molar-refractivity contribution >= 4 is 51.6 Å². The van der Waals surface area contributed by atoms with Crippen LogP contribution in [0.5, 0.6) is 11.5 Å². The molecule has 0 aliphatic carbocycles. The van der Waals surface area contributed by atoms with E-state index in [4.69, 9.17) is 21.1 Å². The van der Waals surface area contributed by atoms with Crippen molar-refractivity contribution in [1.82, 2.24) is 9.97 Å². The van der Waals surface area contributed by atoms with E-state index in [2.05, 4.69) is 15.3 Å². The first-order valence-electron chi connectivity index (χ1n) is 9.74. The molecule has 0 saturated carbocycles. The molecule has 6 nitrogen and oxygen atoms in total. The second-order valence-electron chi connectivity index (χ2n) is 6.82. The van der Waals surface area contributed by atoms with E-state index < -0.39 is 0 Å². The van der Waals surface area contributed by atoms with Crippen LogP contribution in [0.4, 0.5) is 11.5 Å². The molecule has 162 valence electrons. The van der Waals surface area contributed by atoms with Crippen LogP contribution in [0.2, 0.25) is 5.02 Å². The number of anilines is 2. The van der Waals surface area contributed by atoms with Gasteiger partial charge >= 0.3 is 0 Å². The van der Waals surface area contributed by atoms with Crippen LogP contribution < -0.4 is 14.8 Å². The number of Topliss-reactive ketones (excluding diaryl/α,β-unsaturated/α-hetero) is 1. The Bertz CT molecular complexity index is 1240. The Balaban J connectivity index is 1.62. The molecule has 3 aromatic carbocycles. The zero-order valence-electron chi connectivity index (χ0n) is 17.5. The summed E-state index contributed by atoms with van der Waals surface area (Å²) in [7, 11) is 3.20. The summed E-state index contributed by atoms with van der Waals surface area (Å²) >= 11 is 7.20. The smallest absolute Gasteiger partial charge is 0.190 e. The van der Waals surface area contributed by atoms with Gasteiger partial charge in [0.05, 0.1) is 25.5 Å². The van der Waals surface area contributed by atoms with E-state index in [1.165, 1.54) is 11.8 Å². The van der Waals surface area contributed by atoms with Crippen molar-refractivity contribution in [2.45, 2.75) is 5.16 Å². The third kappa shape index (κ3) is 5.12. The minimum Gasteiger partial charge on any atom is -0.497 e. The summed E-state index contributed by atoms with van der Waals surface area (Å²) in [5, 5.41) is 5.30. The third-order valence-corrected chi connectivity index (χ3v) is 5.79. The highest BCUT2D eigenvalue weighted by Gasteiger charge is 2.13. The number of carbonyl (C=O) groups excluding carboxylic acids is 1. The number of halogens is 1. The van der Waals surface area contributed by atoms with Crippen molar-refractivity contribution in [1.29, 1.82) is 0 Å². The van der Waals surface area contributed by atoms with Gasteiger partial charge in [-0.25, -0.2) is 9.97 Å². The molecule has 0 fully saturated rings. The summed E-state index contributed by atoms with van der Waals surface area (Å²) in [6.45, 7) is 0. The van der Waals surface area contributed by atoms with Crippen molar-refractivity contribution in [2.24, 2.45) is 0 Å². The van der Waals surface area contributed by atoms with Crippen LogP contribution >= 0.6 is 23.4 Å². The average molecular weight is 466 g/mol. The van der Waals surface area contributed by atoms with E-state index in [1.54, 1.807) is 44.6 Å². The highest BCUT2D eigenvalue weighted by Crippen LogP contribution is 2.31. The number of fused-ring (bicyclic) bond motifs is 1. The minimum atomic E-state index is -0.0181. The van der Waals surface area contributed by atoms with Gasteiger partial charge in [0.25, 0.3) is 0 Å². The molecule has 0 spiro atoms. The van der Waals surface area contributed by atoms with E-state index >= 15 is 0 Å². The number of benzene rings is 3. The van der Waals surface area contributed by atoms with Crippen molar-refractivity contribution in [3.8, 4) is 11.5 Å². The Kier molecular flexibility index (Phi) is 6.78. The Morgan fingerprint density at radius 1 is 0.969 bits per heavy atom. The number of hydrogen-bond acceptors (Lipinski definition) is 7. The highest BCUT2D eigenvalue weighted by molar-refractivity contribution is 7.99. The number of aromatic nitrogens is 2. The number of ketones is 1. The van der Waals surface area contributed by atoms with E-state index in [9.17, 15) is 4.79 Å². The van der Waals surface area contributed by atoms with Crippen LogP contribution in [0.25, 0.3) is 10.9 Å². The molecule has 4 rings (SSSR count). The number of nitrogens with one attached hydrogen (secondary N) is 1. The SMILES string of the molecule is COc1cc(Nc2nc(SCC(=O)c3ccc(Cl)cc3)nc3ccccc23)cc(OC)c1. The molecule has 0 aliphatic heterocycles. The van der Waals surface area contributed by atoms with Gasteiger partial charge in [-0.05, 0) is 36.4 Å². The topological polar surface area (TPSA) is 73.3 Å². The maximum Gasteiger partial charge on any atom is 0.190 e. The number of ether oxygens (including phenoxy) is 2. The zero-order valence-corrected chi connectivity index (χ0v) is 19.0. The predicted octanol–water partition coefficient (Wildman–Crippen LogP) is 6.02. The van der Waals surface area contributed by atoms with Crippen LogP contribution in [0.15, 0.2) is 71.9 Å². The number of thioether (sulfide) groups is 1. The Hall–Kier alpha value is -3.29. The molecular weight excluding hydrogens is 446 g/mol. The van der Waals surface area contributed by atoms with Crippen LogP contribution in [0, 0.1) is 0 Å². The second kappa shape index (κ2) is 9.89. The fourth-order valence-corrected chi connectivity index (χ4v) is 3.95. The first kappa shape index (κ1) is 21.9. The Morgan fingerprint density at radius 3 is 2.34 bits per heavy atom. The predicted molar refractivity (Wildman–Crippen MR) is 129 cm³/mol. The lowest BCUT2D eigenvalue weighted by molar-refractivity contribution is 0.102. The largest absolute Gasteiger partial charge is 0.497 e. The van der Waals surface area contributed by atoms with Gasteiger partial charge < -0.3 is 14.8 Å². The van der Waals surface area contributed by atoms with Crippen LogP contribution in [-0.2, 0) is 0 Å². The van der Waals surface area contributed by atoms with Crippen molar-refractivity contribution in [2.75, 3.05) is 25.3 Å². The maximum absolute atomic E-state index is 12.5. The normalized spacial score (nSPS) is 10.7. The van der Waals surface area contributed by atoms with Crippen molar-refractivity contribution < 1.29 is 14.3 Å². The third-order valence-electron chi connectivity index (χ3n) is 4.70. The first-order chi connectivity index (χ1) is 15.6. The molecule has 0 atom stereocenters. The fourth-order valence-electron chi connectivity index (χ4n) is 3.08. The van der Waals surface area contributed by atoms with Gasteiger partial charge in [-0.2, -0.15) is 0 Å². The molecule has 1 heterocycles. The lowest BCUT2D eigenvalue weighted by Gasteiger charge is -2.13. The molecule has 4 aromatic rings. The minimum absolute atomic E-state index is 0.0181.